The number of fused-ring (bicyclic) bond motifs is 1. The third-order valence-corrected chi connectivity index (χ3v) is 3.94. The van der Waals surface area contributed by atoms with Crippen molar-refractivity contribution >= 4 is 21.7 Å². The van der Waals surface area contributed by atoms with E-state index < -0.39 is 0 Å². The Morgan fingerprint density at radius 3 is 2.56 bits per heavy atom. The number of hydrogen-bond donors (Lipinski definition) is 0. The van der Waals surface area contributed by atoms with E-state index in [1.807, 2.05) is 30.3 Å². The summed E-state index contributed by atoms with van der Waals surface area (Å²) in [7, 11) is 0. The lowest BCUT2D eigenvalue weighted by Crippen LogP contribution is -2.02. The van der Waals surface area contributed by atoms with Crippen LogP contribution in [0.4, 0.5) is 0 Å². The lowest BCUT2D eigenvalue weighted by Gasteiger charge is -2.05. The first-order chi connectivity index (χ1) is 8.74. The number of hydrogen-bond acceptors (Lipinski definition) is 1. The van der Waals surface area contributed by atoms with Crippen LogP contribution in [0.1, 0.15) is 33.5 Å². The van der Waals surface area contributed by atoms with Gasteiger partial charge in [-0.2, -0.15) is 0 Å². The minimum Gasteiger partial charge on any atom is -0.289 e. The van der Waals surface area contributed by atoms with Gasteiger partial charge in [-0.25, -0.2) is 0 Å². The van der Waals surface area contributed by atoms with Crippen LogP contribution in [-0.4, -0.2) is 5.78 Å². The molecule has 1 nitrogen and oxygen atoms in total. The molecular weight excluding hydrogens is 288 g/mol. The van der Waals surface area contributed by atoms with Gasteiger partial charge in [0.1, 0.15) is 0 Å². The van der Waals surface area contributed by atoms with Crippen molar-refractivity contribution < 1.29 is 4.79 Å². The highest BCUT2D eigenvalue weighted by atomic mass is 79.9. The fourth-order valence-corrected chi connectivity index (χ4v) is 2.91. The van der Waals surface area contributed by atoms with Gasteiger partial charge in [0.15, 0.2) is 5.78 Å². The van der Waals surface area contributed by atoms with E-state index in [1.165, 1.54) is 17.5 Å². The Bertz CT molecular complexity index is 616. The van der Waals surface area contributed by atoms with Crippen LogP contribution in [0.3, 0.4) is 0 Å². The molecule has 0 spiro atoms. The molecular formula is C16H13BrO. The van der Waals surface area contributed by atoms with Gasteiger partial charge >= 0.3 is 0 Å². The molecule has 0 saturated heterocycles. The van der Waals surface area contributed by atoms with Crippen LogP contribution in [0.25, 0.3) is 0 Å². The number of aryl methyl sites for hydroxylation is 2. The molecule has 0 aromatic heterocycles. The summed E-state index contributed by atoms with van der Waals surface area (Å²) >= 11 is 3.40. The summed E-state index contributed by atoms with van der Waals surface area (Å²) < 4.78 is 0.939. The maximum Gasteiger partial charge on any atom is 0.193 e. The van der Waals surface area contributed by atoms with Crippen molar-refractivity contribution in [2.45, 2.75) is 19.3 Å². The van der Waals surface area contributed by atoms with Gasteiger partial charge < -0.3 is 0 Å². The van der Waals surface area contributed by atoms with Gasteiger partial charge in [0.2, 0.25) is 0 Å². The zero-order valence-corrected chi connectivity index (χ0v) is 11.5. The van der Waals surface area contributed by atoms with Crippen LogP contribution in [0.2, 0.25) is 0 Å². The van der Waals surface area contributed by atoms with Crippen molar-refractivity contribution in [3.63, 3.8) is 0 Å². The Balaban J connectivity index is 1.98. The second kappa shape index (κ2) is 4.69. The quantitative estimate of drug-likeness (QED) is 0.761. The van der Waals surface area contributed by atoms with E-state index in [2.05, 4.69) is 28.1 Å². The molecule has 2 aromatic rings. The molecule has 18 heavy (non-hydrogen) atoms. The third-order valence-electron chi connectivity index (χ3n) is 3.45. The number of halogens is 1. The Morgan fingerprint density at radius 1 is 0.944 bits per heavy atom. The summed E-state index contributed by atoms with van der Waals surface area (Å²) in [6.07, 6.45) is 3.47. The first kappa shape index (κ1) is 11.7. The average molecular weight is 301 g/mol. The van der Waals surface area contributed by atoms with E-state index in [0.717, 1.165) is 28.4 Å². The van der Waals surface area contributed by atoms with E-state index in [0.29, 0.717) is 0 Å². The van der Waals surface area contributed by atoms with Crippen molar-refractivity contribution in [2.24, 2.45) is 0 Å². The summed E-state index contributed by atoms with van der Waals surface area (Å²) in [5, 5.41) is 0. The Kier molecular flexibility index (Phi) is 3.04. The van der Waals surface area contributed by atoms with Gasteiger partial charge in [-0.15, -0.1) is 0 Å². The monoisotopic (exact) mass is 300 g/mol. The summed E-state index contributed by atoms with van der Waals surface area (Å²) in [4.78, 5) is 12.4. The minimum atomic E-state index is 0.103. The fourth-order valence-electron chi connectivity index (χ4n) is 2.51. The summed E-state index contributed by atoms with van der Waals surface area (Å²) in [5.74, 6) is 0.103. The smallest absolute Gasteiger partial charge is 0.193 e. The molecule has 0 aliphatic heterocycles. The van der Waals surface area contributed by atoms with Gasteiger partial charge in [-0.05, 0) is 48.6 Å². The predicted molar refractivity (Wildman–Crippen MR) is 76.0 cm³/mol. The van der Waals surface area contributed by atoms with E-state index in [-0.39, 0.29) is 5.78 Å². The van der Waals surface area contributed by atoms with Gasteiger partial charge in [-0.3, -0.25) is 4.79 Å². The fraction of sp³-hybridized carbons (Fsp3) is 0.188. The molecule has 1 aliphatic rings. The first-order valence-corrected chi connectivity index (χ1v) is 6.95. The summed E-state index contributed by atoms with van der Waals surface area (Å²) in [6, 6.07) is 13.7. The SMILES string of the molecule is O=C(c1cccc(Br)c1)c1ccc2c(c1)CCC2. The van der Waals surface area contributed by atoms with Crippen molar-refractivity contribution in [1.29, 1.82) is 0 Å². The van der Waals surface area contributed by atoms with E-state index >= 15 is 0 Å². The number of carbonyl (C=O) groups excluding carboxylic acids is 1. The summed E-state index contributed by atoms with van der Waals surface area (Å²) in [5.41, 5.74) is 4.28. The number of carbonyl (C=O) groups is 1. The Labute approximate surface area is 115 Å². The summed E-state index contributed by atoms with van der Waals surface area (Å²) in [6.45, 7) is 0. The van der Waals surface area contributed by atoms with Crippen molar-refractivity contribution in [3.05, 3.63) is 69.2 Å². The molecule has 0 saturated carbocycles. The third kappa shape index (κ3) is 2.13. The van der Waals surface area contributed by atoms with Crippen LogP contribution in [0, 0.1) is 0 Å². The number of rotatable bonds is 2. The topological polar surface area (TPSA) is 17.1 Å². The minimum absolute atomic E-state index is 0.103. The van der Waals surface area contributed by atoms with Crippen LogP contribution in [-0.2, 0) is 12.8 Å². The maximum absolute atomic E-state index is 12.4. The van der Waals surface area contributed by atoms with Crippen molar-refractivity contribution in [3.8, 4) is 0 Å². The molecule has 3 rings (SSSR count). The molecule has 0 bridgehead atoms. The highest BCUT2D eigenvalue weighted by molar-refractivity contribution is 9.10. The molecule has 90 valence electrons. The maximum atomic E-state index is 12.4. The molecule has 0 radical (unpaired) electrons. The molecule has 0 unspecified atom stereocenters. The van der Waals surface area contributed by atoms with Gasteiger partial charge in [0, 0.05) is 15.6 Å². The molecule has 1 aliphatic carbocycles. The average Bonchev–Trinajstić information content (AvgIpc) is 2.85. The highest BCUT2D eigenvalue weighted by Gasteiger charge is 2.15. The second-order valence-corrected chi connectivity index (χ2v) is 5.59. The zero-order chi connectivity index (χ0) is 12.5. The van der Waals surface area contributed by atoms with E-state index in [1.54, 1.807) is 0 Å². The number of ketones is 1. The molecule has 0 atom stereocenters. The molecule has 0 heterocycles. The predicted octanol–water partition coefficient (Wildman–Crippen LogP) is 4.17. The van der Waals surface area contributed by atoms with Crippen LogP contribution in [0.15, 0.2) is 46.9 Å². The van der Waals surface area contributed by atoms with E-state index in [9.17, 15) is 4.79 Å². The van der Waals surface area contributed by atoms with E-state index in [4.69, 9.17) is 0 Å². The molecule has 0 amide bonds. The highest BCUT2D eigenvalue weighted by Crippen LogP contribution is 2.24. The Morgan fingerprint density at radius 2 is 1.72 bits per heavy atom. The van der Waals surface area contributed by atoms with Crippen LogP contribution >= 0.6 is 15.9 Å². The zero-order valence-electron chi connectivity index (χ0n) is 9.95. The molecule has 2 aromatic carbocycles. The van der Waals surface area contributed by atoms with Crippen molar-refractivity contribution in [2.75, 3.05) is 0 Å². The number of benzene rings is 2. The second-order valence-electron chi connectivity index (χ2n) is 4.68. The molecule has 2 heteroatoms. The molecule has 0 fully saturated rings. The normalized spacial score (nSPS) is 13.4. The lowest BCUT2D eigenvalue weighted by atomic mass is 9.99. The molecule has 0 N–H and O–H groups in total. The first-order valence-electron chi connectivity index (χ1n) is 6.16. The lowest BCUT2D eigenvalue weighted by molar-refractivity contribution is 0.103. The van der Waals surface area contributed by atoms with Crippen LogP contribution in [0.5, 0.6) is 0 Å². The van der Waals surface area contributed by atoms with Crippen molar-refractivity contribution in [1.82, 2.24) is 0 Å². The Hall–Kier alpha value is -1.41. The standard InChI is InChI=1S/C16H13BrO/c17-15-6-2-5-13(10-15)16(18)14-8-7-11-3-1-4-12(11)9-14/h2,5-10H,1,3-4H2. The largest absolute Gasteiger partial charge is 0.289 e. The van der Waals surface area contributed by atoms with Gasteiger partial charge in [0.25, 0.3) is 0 Å². The van der Waals surface area contributed by atoms with Gasteiger partial charge in [-0.1, -0.05) is 40.2 Å². The van der Waals surface area contributed by atoms with Crippen LogP contribution < -0.4 is 0 Å². The van der Waals surface area contributed by atoms with Gasteiger partial charge in [0.05, 0.1) is 0 Å².